The summed E-state index contributed by atoms with van der Waals surface area (Å²) < 4.78 is 0.954. The van der Waals surface area contributed by atoms with Crippen LogP contribution in [0.25, 0.3) is 0 Å². The topological polar surface area (TPSA) is 44.6 Å². The number of phenols is 1. The van der Waals surface area contributed by atoms with Crippen LogP contribution in [0.2, 0.25) is 0 Å². The van der Waals surface area contributed by atoms with Crippen LogP contribution in [0.5, 0.6) is 5.75 Å². The zero-order valence-electron chi connectivity index (χ0n) is 10.2. The maximum atomic E-state index is 9.94. The molecule has 0 unspecified atom stereocenters. The van der Waals surface area contributed by atoms with Gasteiger partial charge >= 0.3 is 0 Å². The smallest absolute Gasteiger partial charge is 0.120 e. The number of rotatable bonds is 2. The maximum absolute atomic E-state index is 9.94. The average Bonchev–Trinajstić information content (AvgIpc) is 2.92. The van der Waals surface area contributed by atoms with Gasteiger partial charge in [-0.15, -0.1) is 0 Å². The SMILES string of the molecule is Oc1ccc(Br)cc1[C@@H]1CC(c2ccccc2)=NN1. The van der Waals surface area contributed by atoms with Gasteiger partial charge in [0.15, 0.2) is 0 Å². The summed E-state index contributed by atoms with van der Waals surface area (Å²) in [6.07, 6.45) is 0.772. The number of phenolic OH excluding ortho intramolecular Hbond substituents is 1. The molecule has 0 saturated carbocycles. The zero-order valence-corrected chi connectivity index (χ0v) is 11.8. The van der Waals surface area contributed by atoms with Crippen LogP contribution in [-0.2, 0) is 0 Å². The van der Waals surface area contributed by atoms with E-state index < -0.39 is 0 Å². The fourth-order valence-electron chi connectivity index (χ4n) is 2.24. The lowest BCUT2D eigenvalue weighted by Crippen LogP contribution is -2.10. The van der Waals surface area contributed by atoms with Crippen LogP contribution in [0, 0.1) is 0 Å². The molecule has 1 atom stereocenters. The van der Waals surface area contributed by atoms with Gasteiger partial charge in [-0.2, -0.15) is 5.10 Å². The van der Waals surface area contributed by atoms with Crippen LogP contribution in [-0.4, -0.2) is 10.8 Å². The van der Waals surface area contributed by atoms with Crippen LogP contribution in [0.3, 0.4) is 0 Å². The van der Waals surface area contributed by atoms with E-state index in [4.69, 9.17) is 0 Å². The van der Waals surface area contributed by atoms with Gasteiger partial charge in [-0.05, 0) is 23.8 Å². The highest BCUT2D eigenvalue weighted by atomic mass is 79.9. The molecule has 0 radical (unpaired) electrons. The number of nitrogens with zero attached hydrogens (tertiary/aromatic N) is 1. The number of hydrazone groups is 1. The molecular formula is C15H13BrN2O. The van der Waals surface area contributed by atoms with Crippen molar-refractivity contribution in [1.29, 1.82) is 0 Å². The van der Waals surface area contributed by atoms with Gasteiger partial charge in [0.25, 0.3) is 0 Å². The summed E-state index contributed by atoms with van der Waals surface area (Å²) in [7, 11) is 0. The lowest BCUT2D eigenvalue weighted by Gasteiger charge is -2.12. The molecule has 0 saturated heterocycles. The third-order valence-corrected chi connectivity index (χ3v) is 3.72. The van der Waals surface area contributed by atoms with Crippen molar-refractivity contribution < 1.29 is 5.11 Å². The van der Waals surface area contributed by atoms with Gasteiger partial charge < -0.3 is 10.5 Å². The number of halogens is 1. The Morgan fingerprint density at radius 3 is 2.74 bits per heavy atom. The van der Waals surface area contributed by atoms with Crippen molar-refractivity contribution in [3.63, 3.8) is 0 Å². The number of benzene rings is 2. The van der Waals surface area contributed by atoms with E-state index in [1.165, 1.54) is 0 Å². The Bertz CT molecular complexity index is 625. The predicted molar refractivity (Wildman–Crippen MR) is 79.3 cm³/mol. The highest BCUT2D eigenvalue weighted by Crippen LogP contribution is 2.32. The maximum Gasteiger partial charge on any atom is 0.120 e. The van der Waals surface area contributed by atoms with Gasteiger partial charge in [0.05, 0.1) is 11.8 Å². The van der Waals surface area contributed by atoms with Crippen LogP contribution in [0.4, 0.5) is 0 Å². The highest BCUT2D eigenvalue weighted by molar-refractivity contribution is 9.10. The number of hydrogen-bond donors (Lipinski definition) is 2. The van der Waals surface area contributed by atoms with Crippen LogP contribution >= 0.6 is 15.9 Å². The number of nitrogens with one attached hydrogen (secondary N) is 1. The molecule has 0 amide bonds. The Labute approximate surface area is 120 Å². The molecule has 0 aromatic heterocycles. The minimum absolute atomic E-state index is 0.0210. The largest absolute Gasteiger partial charge is 0.508 e. The van der Waals surface area contributed by atoms with E-state index in [1.807, 2.05) is 42.5 Å². The van der Waals surface area contributed by atoms with Gasteiger partial charge in [0.1, 0.15) is 5.75 Å². The standard InChI is InChI=1S/C15H13BrN2O/c16-11-6-7-15(19)12(8-11)14-9-13(17-18-14)10-4-2-1-3-5-10/h1-8,14,18-19H,9H2/t14-/m0/s1. The molecule has 2 aromatic carbocycles. The van der Waals surface area contributed by atoms with Gasteiger partial charge in [-0.1, -0.05) is 46.3 Å². The van der Waals surface area contributed by atoms with Crippen molar-refractivity contribution in [2.45, 2.75) is 12.5 Å². The van der Waals surface area contributed by atoms with Crippen molar-refractivity contribution in [3.05, 3.63) is 64.1 Å². The molecule has 0 bridgehead atoms. The van der Waals surface area contributed by atoms with Crippen molar-refractivity contribution in [2.24, 2.45) is 5.10 Å². The zero-order chi connectivity index (χ0) is 13.2. The molecule has 4 heteroatoms. The third kappa shape index (κ3) is 2.49. The minimum atomic E-state index is 0.0210. The summed E-state index contributed by atoms with van der Waals surface area (Å²) in [6, 6.07) is 15.6. The second-order valence-corrected chi connectivity index (χ2v) is 5.43. The van der Waals surface area contributed by atoms with E-state index in [0.29, 0.717) is 5.75 Å². The van der Waals surface area contributed by atoms with Gasteiger partial charge in [0, 0.05) is 16.5 Å². The Hall–Kier alpha value is -1.81. The molecule has 0 aliphatic carbocycles. The molecular weight excluding hydrogens is 304 g/mol. The molecule has 3 nitrogen and oxygen atoms in total. The van der Waals surface area contributed by atoms with Crippen LogP contribution in [0.1, 0.15) is 23.6 Å². The molecule has 0 spiro atoms. The predicted octanol–water partition coefficient (Wildman–Crippen LogP) is 3.59. The van der Waals surface area contributed by atoms with Crippen molar-refractivity contribution in [2.75, 3.05) is 0 Å². The molecule has 3 rings (SSSR count). The molecule has 96 valence electrons. The molecule has 2 aromatic rings. The quantitative estimate of drug-likeness (QED) is 0.889. The Kier molecular flexibility index (Phi) is 3.25. The first-order chi connectivity index (χ1) is 9.24. The first-order valence-corrected chi connectivity index (χ1v) is 6.89. The molecule has 1 heterocycles. The third-order valence-electron chi connectivity index (χ3n) is 3.22. The molecule has 2 N–H and O–H groups in total. The second-order valence-electron chi connectivity index (χ2n) is 4.51. The number of aromatic hydroxyl groups is 1. The van der Waals surface area contributed by atoms with E-state index >= 15 is 0 Å². The number of hydrogen-bond acceptors (Lipinski definition) is 3. The highest BCUT2D eigenvalue weighted by Gasteiger charge is 2.23. The van der Waals surface area contributed by atoms with Crippen molar-refractivity contribution in [1.82, 2.24) is 5.43 Å². The molecule has 0 fully saturated rings. The Morgan fingerprint density at radius 2 is 1.95 bits per heavy atom. The summed E-state index contributed by atoms with van der Waals surface area (Å²) >= 11 is 3.43. The van der Waals surface area contributed by atoms with E-state index in [0.717, 1.165) is 27.7 Å². The van der Waals surface area contributed by atoms with Gasteiger partial charge in [0.2, 0.25) is 0 Å². The average molecular weight is 317 g/mol. The Balaban J connectivity index is 1.83. The summed E-state index contributed by atoms with van der Waals surface area (Å²) in [6.45, 7) is 0. The molecule has 1 aliphatic heterocycles. The normalized spacial score (nSPS) is 17.9. The van der Waals surface area contributed by atoms with E-state index in [2.05, 4.69) is 26.5 Å². The van der Waals surface area contributed by atoms with E-state index in [-0.39, 0.29) is 6.04 Å². The first kappa shape index (κ1) is 12.2. The van der Waals surface area contributed by atoms with Crippen LogP contribution in [0.15, 0.2) is 58.1 Å². The lowest BCUT2D eigenvalue weighted by atomic mass is 9.98. The first-order valence-electron chi connectivity index (χ1n) is 6.10. The van der Waals surface area contributed by atoms with Gasteiger partial charge in [-0.25, -0.2) is 0 Å². The van der Waals surface area contributed by atoms with Crippen molar-refractivity contribution in [3.8, 4) is 5.75 Å². The minimum Gasteiger partial charge on any atom is -0.508 e. The Morgan fingerprint density at radius 1 is 1.16 bits per heavy atom. The van der Waals surface area contributed by atoms with Crippen LogP contribution < -0.4 is 5.43 Å². The van der Waals surface area contributed by atoms with E-state index in [1.54, 1.807) is 6.07 Å². The lowest BCUT2D eigenvalue weighted by molar-refractivity contribution is 0.455. The fraction of sp³-hybridized carbons (Fsp3) is 0.133. The van der Waals surface area contributed by atoms with Crippen molar-refractivity contribution >= 4 is 21.6 Å². The second kappa shape index (κ2) is 5.05. The molecule has 19 heavy (non-hydrogen) atoms. The van der Waals surface area contributed by atoms with Gasteiger partial charge in [-0.3, -0.25) is 0 Å². The summed E-state index contributed by atoms with van der Waals surface area (Å²) in [4.78, 5) is 0. The summed E-state index contributed by atoms with van der Waals surface area (Å²) in [5.74, 6) is 0.296. The molecule has 1 aliphatic rings. The van der Waals surface area contributed by atoms with E-state index in [9.17, 15) is 5.11 Å². The fourth-order valence-corrected chi connectivity index (χ4v) is 2.62. The summed E-state index contributed by atoms with van der Waals surface area (Å²) in [5, 5.41) is 14.3. The monoisotopic (exact) mass is 316 g/mol. The summed E-state index contributed by atoms with van der Waals surface area (Å²) in [5.41, 5.74) is 6.10.